The molecule has 1 unspecified atom stereocenters. The lowest BCUT2D eigenvalue weighted by Gasteiger charge is -2.44. The first-order chi connectivity index (χ1) is 14.1. The van der Waals surface area contributed by atoms with Crippen LogP contribution in [-0.4, -0.2) is 59.3 Å². The molecule has 0 saturated carbocycles. The van der Waals surface area contributed by atoms with Crippen LogP contribution in [0, 0.1) is 5.92 Å². The van der Waals surface area contributed by atoms with Crippen LogP contribution in [0.5, 0.6) is 0 Å². The number of aliphatic hydroxyl groups is 3. The number of quaternary nitrogens is 1. The predicted molar refractivity (Wildman–Crippen MR) is 122 cm³/mol. The monoisotopic (exact) mass is 443 g/mol. The van der Waals surface area contributed by atoms with Gasteiger partial charge in [0, 0.05) is 12.0 Å². The third-order valence-electron chi connectivity index (χ3n) is 6.24. The average Bonchev–Trinajstić information content (AvgIpc) is 2.70. The molecule has 0 radical (unpaired) electrons. The fourth-order valence-electron chi connectivity index (χ4n) is 4.61. The van der Waals surface area contributed by atoms with E-state index < -0.39 is 0 Å². The first kappa shape index (κ1) is 29.4. The molecule has 0 aliphatic rings. The number of rotatable bonds is 18. The molecular weight excluding hydrogens is 398 g/mol. The van der Waals surface area contributed by atoms with Crippen molar-refractivity contribution in [3.8, 4) is 0 Å². The van der Waals surface area contributed by atoms with Crippen molar-refractivity contribution in [1.82, 2.24) is 0 Å². The Balaban J connectivity index is 0.00000841. The summed E-state index contributed by atoms with van der Waals surface area (Å²) in [5.41, 5.74) is 1.25. The predicted octanol–water partition coefficient (Wildman–Crippen LogP) is 1.69. The summed E-state index contributed by atoms with van der Waals surface area (Å²) in [4.78, 5) is 0. The van der Waals surface area contributed by atoms with E-state index in [1.807, 2.05) is 6.07 Å². The number of nitrogens with zero attached hydrogens (tertiary/aromatic N) is 1. The average molecular weight is 444 g/mol. The van der Waals surface area contributed by atoms with Crippen molar-refractivity contribution in [2.45, 2.75) is 77.7 Å². The molecular formula is C25H46ClNO3. The molecule has 0 bridgehead atoms. The Kier molecular flexibility index (Phi) is 17.6. The minimum atomic E-state index is 0. The van der Waals surface area contributed by atoms with E-state index in [0.29, 0.717) is 24.1 Å². The van der Waals surface area contributed by atoms with Crippen LogP contribution in [0.15, 0.2) is 30.3 Å². The maximum atomic E-state index is 9.72. The van der Waals surface area contributed by atoms with Crippen molar-refractivity contribution in [3.05, 3.63) is 35.9 Å². The quantitative estimate of drug-likeness (QED) is 0.239. The van der Waals surface area contributed by atoms with Gasteiger partial charge in [0.25, 0.3) is 0 Å². The number of hydrogen-bond donors (Lipinski definition) is 3. The fraction of sp³-hybridized carbons (Fsp3) is 0.760. The molecule has 1 atom stereocenters. The number of hydrogen-bond acceptors (Lipinski definition) is 3. The molecule has 0 spiro atoms. The fourth-order valence-corrected chi connectivity index (χ4v) is 4.61. The molecule has 176 valence electrons. The zero-order valence-corrected chi connectivity index (χ0v) is 20.1. The van der Waals surface area contributed by atoms with Gasteiger partial charge in [-0.25, -0.2) is 0 Å². The summed E-state index contributed by atoms with van der Waals surface area (Å²) >= 11 is 0. The van der Waals surface area contributed by atoms with Gasteiger partial charge in [0.15, 0.2) is 0 Å². The van der Waals surface area contributed by atoms with Crippen LogP contribution in [0.3, 0.4) is 0 Å². The van der Waals surface area contributed by atoms with Gasteiger partial charge in [-0.05, 0) is 12.3 Å². The van der Waals surface area contributed by atoms with Gasteiger partial charge in [-0.15, -0.1) is 0 Å². The van der Waals surface area contributed by atoms with E-state index in [1.54, 1.807) is 0 Å². The standard InChI is InChI=1S/C25H46NO3.ClH/c1-23(2)13-9-6-4-3-5-7-12-16-25(24-14-10-8-11-15-24)26(17-20-27,18-21-28)19-22-29;/h8,10-11,14-15,23,25,27-29H,3-7,9,12-13,16-22H2,1-2H3;1H/q+1;/p-1. The van der Waals surface area contributed by atoms with Crippen LogP contribution in [0.25, 0.3) is 0 Å². The largest absolute Gasteiger partial charge is 1.00 e. The molecule has 1 aromatic carbocycles. The lowest BCUT2D eigenvalue weighted by molar-refractivity contribution is -0.958. The summed E-state index contributed by atoms with van der Waals surface area (Å²) in [5, 5.41) is 29.2. The lowest BCUT2D eigenvalue weighted by Crippen LogP contribution is -3.00. The topological polar surface area (TPSA) is 60.7 Å². The van der Waals surface area contributed by atoms with Crippen molar-refractivity contribution < 1.29 is 32.2 Å². The number of halogens is 1. The summed E-state index contributed by atoms with van der Waals surface area (Å²) in [7, 11) is 0. The minimum Gasteiger partial charge on any atom is -1.00 e. The maximum absolute atomic E-state index is 9.72. The number of unbranched alkanes of at least 4 members (excludes halogenated alkanes) is 6. The Hall–Kier alpha value is -0.650. The van der Waals surface area contributed by atoms with Gasteiger partial charge in [-0.2, -0.15) is 0 Å². The molecule has 0 saturated heterocycles. The summed E-state index contributed by atoms with van der Waals surface area (Å²) in [5.74, 6) is 0.820. The SMILES string of the molecule is CC(C)CCCCCCCCCC(c1ccccc1)[N+](CCO)(CCO)CCO.[Cl-]. The highest BCUT2D eigenvalue weighted by atomic mass is 35.5. The van der Waals surface area contributed by atoms with Crippen molar-refractivity contribution in [3.63, 3.8) is 0 Å². The summed E-state index contributed by atoms with van der Waals surface area (Å²) in [6.45, 7) is 6.50. The van der Waals surface area contributed by atoms with Crippen molar-refractivity contribution >= 4 is 0 Å². The van der Waals surface area contributed by atoms with E-state index >= 15 is 0 Å². The number of aliphatic hydroxyl groups excluding tert-OH is 3. The van der Waals surface area contributed by atoms with Crippen molar-refractivity contribution in [1.29, 1.82) is 0 Å². The summed E-state index contributed by atoms with van der Waals surface area (Å²) < 4.78 is 0.558. The van der Waals surface area contributed by atoms with Gasteiger partial charge in [-0.1, -0.05) is 89.1 Å². The van der Waals surface area contributed by atoms with E-state index in [4.69, 9.17) is 0 Å². The van der Waals surface area contributed by atoms with Crippen molar-refractivity contribution in [2.24, 2.45) is 5.92 Å². The van der Waals surface area contributed by atoms with Crippen LogP contribution in [-0.2, 0) is 0 Å². The van der Waals surface area contributed by atoms with Gasteiger partial charge in [0.2, 0.25) is 0 Å². The Labute approximate surface area is 191 Å². The third kappa shape index (κ3) is 11.1. The zero-order chi connectivity index (χ0) is 21.4. The van der Waals surface area contributed by atoms with E-state index in [0.717, 1.165) is 18.8 Å². The summed E-state index contributed by atoms with van der Waals surface area (Å²) in [6, 6.07) is 10.7. The van der Waals surface area contributed by atoms with E-state index in [9.17, 15) is 15.3 Å². The molecule has 30 heavy (non-hydrogen) atoms. The molecule has 1 aromatic rings. The van der Waals surface area contributed by atoms with E-state index in [-0.39, 0.29) is 38.3 Å². The maximum Gasteiger partial charge on any atom is 0.115 e. The summed E-state index contributed by atoms with van der Waals surface area (Å²) in [6.07, 6.45) is 11.4. The molecule has 0 aliphatic carbocycles. The highest BCUT2D eigenvalue weighted by Crippen LogP contribution is 2.33. The molecule has 0 aliphatic heterocycles. The Morgan fingerprint density at radius 1 is 0.667 bits per heavy atom. The second kappa shape index (κ2) is 18.0. The molecule has 5 heteroatoms. The van der Waals surface area contributed by atoms with Gasteiger partial charge in [0.1, 0.15) is 25.7 Å². The molecule has 0 fully saturated rings. The lowest BCUT2D eigenvalue weighted by atomic mass is 9.95. The first-order valence-electron chi connectivity index (χ1n) is 11.8. The number of benzene rings is 1. The third-order valence-corrected chi connectivity index (χ3v) is 6.24. The first-order valence-corrected chi connectivity index (χ1v) is 11.8. The molecule has 0 amide bonds. The molecule has 3 N–H and O–H groups in total. The normalized spacial score (nSPS) is 12.7. The van der Waals surface area contributed by atoms with Gasteiger partial charge in [-0.3, -0.25) is 0 Å². The minimum absolute atomic E-state index is 0. The van der Waals surface area contributed by atoms with E-state index in [2.05, 4.69) is 38.1 Å². The Morgan fingerprint density at radius 2 is 1.10 bits per heavy atom. The molecule has 4 nitrogen and oxygen atoms in total. The van der Waals surface area contributed by atoms with Crippen LogP contribution in [0.4, 0.5) is 0 Å². The second-order valence-corrected chi connectivity index (χ2v) is 8.93. The highest BCUT2D eigenvalue weighted by molar-refractivity contribution is 5.17. The van der Waals surface area contributed by atoms with Crippen LogP contribution >= 0.6 is 0 Å². The van der Waals surface area contributed by atoms with Crippen LogP contribution in [0.1, 0.15) is 83.2 Å². The van der Waals surface area contributed by atoms with Crippen LogP contribution in [0.2, 0.25) is 0 Å². The zero-order valence-electron chi connectivity index (χ0n) is 19.3. The molecule has 1 rings (SSSR count). The van der Waals surface area contributed by atoms with Gasteiger partial charge >= 0.3 is 0 Å². The van der Waals surface area contributed by atoms with Crippen molar-refractivity contribution in [2.75, 3.05) is 39.5 Å². The Bertz CT molecular complexity index is 481. The Morgan fingerprint density at radius 3 is 1.53 bits per heavy atom. The van der Waals surface area contributed by atoms with E-state index in [1.165, 1.54) is 50.5 Å². The highest BCUT2D eigenvalue weighted by Gasteiger charge is 2.36. The van der Waals surface area contributed by atoms with Gasteiger partial charge in [0.05, 0.1) is 19.8 Å². The molecule has 0 heterocycles. The van der Waals surface area contributed by atoms with Gasteiger partial charge < -0.3 is 32.2 Å². The second-order valence-electron chi connectivity index (χ2n) is 8.93. The smallest absolute Gasteiger partial charge is 0.115 e. The molecule has 0 aromatic heterocycles. The van der Waals surface area contributed by atoms with Crippen LogP contribution < -0.4 is 12.4 Å².